The van der Waals surface area contributed by atoms with E-state index in [4.69, 9.17) is 0 Å². The highest BCUT2D eigenvalue weighted by Gasteiger charge is 2.18. The zero-order chi connectivity index (χ0) is 15.0. The Morgan fingerprint density at radius 2 is 1.80 bits per heavy atom. The van der Waals surface area contributed by atoms with Crippen LogP contribution in [0.15, 0.2) is 6.33 Å². The van der Waals surface area contributed by atoms with Gasteiger partial charge in [-0.05, 0) is 25.7 Å². The van der Waals surface area contributed by atoms with Crippen LogP contribution >= 0.6 is 0 Å². The first-order valence-electron chi connectivity index (χ1n) is 7.99. The van der Waals surface area contributed by atoms with Crippen LogP contribution in [0.25, 0.3) is 0 Å². The molecule has 1 aromatic heterocycles. The number of nitrogens with one attached hydrogen (secondary N) is 1. The molecule has 1 aromatic rings. The number of hydrogen-bond acceptors (Lipinski definition) is 4. The highest BCUT2D eigenvalue weighted by Crippen LogP contribution is 2.26. The molecule has 4 heteroatoms. The Hall–Kier alpha value is -1.32. The molecule has 0 amide bonds. The van der Waals surface area contributed by atoms with Crippen molar-refractivity contribution in [2.75, 3.05) is 23.8 Å². The molecule has 0 spiro atoms. The van der Waals surface area contributed by atoms with Gasteiger partial charge < -0.3 is 10.2 Å². The third-order valence-electron chi connectivity index (χ3n) is 3.79. The van der Waals surface area contributed by atoms with Crippen molar-refractivity contribution in [2.24, 2.45) is 0 Å². The van der Waals surface area contributed by atoms with Crippen molar-refractivity contribution >= 4 is 11.6 Å². The standard InChI is InChI=1S/C16H30N4/c1-6-10-14-15(17-11-7-2)18-12-19-16(14)20(5)13(8-3)9-4/h12-13H,6-11H2,1-5H3,(H,17,18,19). The summed E-state index contributed by atoms with van der Waals surface area (Å²) < 4.78 is 0. The van der Waals surface area contributed by atoms with E-state index in [2.05, 4.69) is 54.9 Å². The normalized spacial score (nSPS) is 10.9. The maximum absolute atomic E-state index is 4.56. The molecule has 0 saturated heterocycles. The summed E-state index contributed by atoms with van der Waals surface area (Å²) in [5, 5.41) is 3.44. The van der Waals surface area contributed by atoms with Gasteiger partial charge in [-0.2, -0.15) is 0 Å². The summed E-state index contributed by atoms with van der Waals surface area (Å²) in [7, 11) is 2.16. The smallest absolute Gasteiger partial charge is 0.137 e. The fourth-order valence-electron chi connectivity index (χ4n) is 2.59. The molecular formula is C16H30N4. The lowest BCUT2D eigenvalue weighted by atomic mass is 10.1. The van der Waals surface area contributed by atoms with Crippen LogP contribution in [0.1, 0.15) is 58.9 Å². The zero-order valence-corrected chi connectivity index (χ0v) is 13.7. The SMILES string of the molecule is CCCNc1ncnc(N(C)C(CC)CC)c1CCC. The Morgan fingerprint density at radius 3 is 2.35 bits per heavy atom. The first-order chi connectivity index (χ1) is 9.69. The summed E-state index contributed by atoms with van der Waals surface area (Å²) in [6.07, 6.45) is 7.20. The van der Waals surface area contributed by atoms with Gasteiger partial charge >= 0.3 is 0 Å². The van der Waals surface area contributed by atoms with E-state index in [1.54, 1.807) is 6.33 Å². The van der Waals surface area contributed by atoms with E-state index in [9.17, 15) is 0 Å². The Bertz CT molecular complexity index is 388. The molecule has 20 heavy (non-hydrogen) atoms. The topological polar surface area (TPSA) is 41.1 Å². The molecule has 1 heterocycles. The number of hydrogen-bond donors (Lipinski definition) is 1. The van der Waals surface area contributed by atoms with Crippen molar-refractivity contribution in [2.45, 2.75) is 65.8 Å². The van der Waals surface area contributed by atoms with Crippen molar-refractivity contribution in [1.82, 2.24) is 9.97 Å². The highest BCUT2D eigenvalue weighted by atomic mass is 15.2. The van der Waals surface area contributed by atoms with Crippen molar-refractivity contribution in [3.63, 3.8) is 0 Å². The van der Waals surface area contributed by atoms with Gasteiger partial charge in [0.15, 0.2) is 0 Å². The van der Waals surface area contributed by atoms with E-state index in [1.807, 2.05) is 0 Å². The molecule has 0 aliphatic rings. The first-order valence-corrected chi connectivity index (χ1v) is 7.99. The third-order valence-corrected chi connectivity index (χ3v) is 3.79. The van der Waals surface area contributed by atoms with E-state index in [-0.39, 0.29) is 0 Å². The Kier molecular flexibility index (Phi) is 7.34. The second-order valence-corrected chi connectivity index (χ2v) is 5.28. The van der Waals surface area contributed by atoms with Crippen LogP contribution in [0.3, 0.4) is 0 Å². The minimum absolute atomic E-state index is 0.541. The molecule has 0 radical (unpaired) electrons. The fourth-order valence-corrected chi connectivity index (χ4v) is 2.59. The molecule has 0 saturated carbocycles. The molecule has 1 N–H and O–H groups in total. The Balaban J connectivity index is 3.10. The molecule has 0 fully saturated rings. The van der Waals surface area contributed by atoms with E-state index >= 15 is 0 Å². The lowest BCUT2D eigenvalue weighted by Gasteiger charge is -2.29. The van der Waals surface area contributed by atoms with Crippen molar-refractivity contribution in [1.29, 1.82) is 0 Å². The van der Waals surface area contributed by atoms with Crippen LogP contribution in [0.2, 0.25) is 0 Å². The molecule has 0 aliphatic heterocycles. The number of aromatic nitrogens is 2. The van der Waals surface area contributed by atoms with Crippen LogP contribution in [-0.4, -0.2) is 29.6 Å². The van der Waals surface area contributed by atoms with Gasteiger partial charge in [-0.3, -0.25) is 0 Å². The molecule has 0 bridgehead atoms. The molecule has 4 nitrogen and oxygen atoms in total. The zero-order valence-electron chi connectivity index (χ0n) is 13.7. The average molecular weight is 278 g/mol. The third kappa shape index (κ3) is 4.09. The van der Waals surface area contributed by atoms with Gasteiger partial charge in [-0.15, -0.1) is 0 Å². The second-order valence-electron chi connectivity index (χ2n) is 5.28. The van der Waals surface area contributed by atoms with Crippen LogP contribution in [0.5, 0.6) is 0 Å². The maximum atomic E-state index is 4.56. The van der Waals surface area contributed by atoms with Gasteiger partial charge in [0.05, 0.1) is 0 Å². The summed E-state index contributed by atoms with van der Waals surface area (Å²) in [5.41, 5.74) is 1.26. The molecule has 1 rings (SSSR count). The Labute approximate surface area is 124 Å². The summed E-state index contributed by atoms with van der Waals surface area (Å²) in [6.45, 7) is 9.81. The number of anilines is 2. The van der Waals surface area contributed by atoms with E-state index in [0.717, 1.165) is 50.3 Å². The number of nitrogens with zero attached hydrogens (tertiary/aromatic N) is 3. The van der Waals surface area contributed by atoms with Crippen LogP contribution in [0.4, 0.5) is 11.6 Å². The largest absolute Gasteiger partial charge is 0.370 e. The van der Waals surface area contributed by atoms with Crippen molar-refractivity contribution in [3.8, 4) is 0 Å². The van der Waals surface area contributed by atoms with E-state index < -0.39 is 0 Å². The van der Waals surface area contributed by atoms with Crippen molar-refractivity contribution < 1.29 is 0 Å². The van der Waals surface area contributed by atoms with E-state index in [0.29, 0.717) is 6.04 Å². The van der Waals surface area contributed by atoms with E-state index in [1.165, 1.54) is 5.56 Å². The summed E-state index contributed by atoms with van der Waals surface area (Å²) in [6, 6.07) is 0.541. The predicted molar refractivity (Wildman–Crippen MR) is 87.6 cm³/mol. The molecule has 0 aromatic carbocycles. The number of rotatable bonds is 9. The Morgan fingerprint density at radius 1 is 1.10 bits per heavy atom. The average Bonchev–Trinajstić information content (AvgIpc) is 2.47. The van der Waals surface area contributed by atoms with Gasteiger partial charge in [0, 0.05) is 25.2 Å². The maximum Gasteiger partial charge on any atom is 0.137 e. The highest BCUT2D eigenvalue weighted by molar-refractivity contribution is 5.59. The molecule has 0 aliphatic carbocycles. The van der Waals surface area contributed by atoms with Crippen LogP contribution in [-0.2, 0) is 6.42 Å². The minimum Gasteiger partial charge on any atom is -0.370 e. The molecule has 0 atom stereocenters. The predicted octanol–water partition coefficient (Wildman–Crippen LogP) is 3.88. The lowest BCUT2D eigenvalue weighted by Crippen LogP contribution is -2.32. The lowest BCUT2D eigenvalue weighted by molar-refractivity contribution is 0.584. The van der Waals surface area contributed by atoms with Crippen LogP contribution < -0.4 is 10.2 Å². The fraction of sp³-hybridized carbons (Fsp3) is 0.750. The van der Waals surface area contributed by atoms with Gasteiger partial charge in [0.1, 0.15) is 18.0 Å². The quantitative estimate of drug-likeness (QED) is 0.744. The summed E-state index contributed by atoms with van der Waals surface area (Å²) >= 11 is 0. The monoisotopic (exact) mass is 278 g/mol. The molecule has 114 valence electrons. The minimum atomic E-state index is 0.541. The summed E-state index contributed by atoms with van der Waals surface area (Å²) in [4.78, 5) is 11.3. The molecule has 0 unspecified atom stereocenters. The van der Waals surface area contributed by atoms with Crippen molar-refractivity contribution in [3.05, 3.63) is 11.9 Å². The van der Waals surface area contributed by atoms with Gasteiger partial charge in [-0.1, -0.05) is 34.1 Å². The second kappa shape index (κ2) is 8.77. The van der Waals surface area contributed by atoms with Gasteiger partial charge in [0.25, 0.3) is 0 Å². The van der Waals surface area contributed by atoms with Crippen LogP contribution in [0, 0.1) is 0 Å². The first kappa shape index (κ1) is 16.7. The summed E-state index contributed by atoms with van der Waals surface area (Å²) in [5.74, 6) is 2.10. The van der Waals surface area contributed by atoms with Gasteiger partial charge in [0.2, 0.25) is 0 Å². The molecular weight excluding hydrogens is 248 g/mol. The van der Waals surface area contributed by atoms with Gasteiger partial charge in [-0.25, -0.2) is 9.97 Å².